The van der Waals surface area contributed by atoms with E-state index in [0.29, 0.717) is 22.5 Å². The number of benzene rings is 2. The maximum absolute atomic E-state index is 6.12. The topological polar surface area (TPSA) is 61.0 Å². The predicted molar refractivity (Wildman–Crippen MR) is 113 cm³/mol. The van der Waals surface area contributed by atoms with Crippen molar-refractivity contribution in [2.24, 2.45) is 0 Å². The van der Waals surface area contributed by atoms with E-state index in [-0.39, 0.29) is 5.28 Å². The number of nitrogens with two attached hydrogens (primary N) is 1. The van der Waals surface area contributed by atoms with Gasteiger partial charge in [-0.15, -0.1) is 5.73 Å². The standard InChI is InChI=1S/C22H22ClN3O/c1-5-6-7-8-15-11-13(2)18(14(3)12-15)16-9-10-17(27-4)19-20(16)25-22(23)26-21(19)24/h6,8-12H,5H2,1-4H3,(H2,24,25,26). The summed E-state index contributed by atoms with van der Waals surface area (Å²) in [5.41, 5.74) is 15.5. The van der Waals surface area contributed by atoms with Gasteiger partial charge in [0.15, 0.2) is 0 Å². The zero-order valence-electron chi connectivity index (χ0n) is 15.9. The molecule has 27 heavy (non-hydrogen) atoms. The van der Waals surface area contributed by atoms with E-state index < -0.39 is 0 Å². The van der Waals surface area contributed by atoms with Gasteiger partial charge in [0, 0.05) is 5.56 Å². The van der Waals surface area contributed by atoms with E-state index >= 15 is 0 Å². The van der Waals surface area contributed by atoms with Crippen molar-refractivity contribution in [2.45, 2.75) is 27.2 Å². The molecule has 5 heteroatoms. The van der Waals surface area contributed by atoms with E-state index in [1.54, 1.807) is 7.11 Å². The van der Waals surface area contributed by atoms with Gasteiger partial charge in [0.25, 0.3) is 0 Å². The van der Waals surface area contributed by atoms with Crippen LogP contribution in [0.2, 0.25) is 5.28 Å². The fraction of sp³-hybridized carbons (Fsp3) is 0.227. The molecule has 0 aliphatic carbocycles. The van der Waals surface area contributed by atoms with Crippen LogP contribution in [0.4, 0.5) is 5.82 Å². The summed E-state index contributed by atoms with van der Waals surface area (Å²) in [6, 6.07) is 8.16. The molecular weight excluding hydrogens is 358 g/mol. The van der Waals surface area contributed by atoms with Crippen LogP contribution in [0.15, 0.2) is 36.1 Å². The van der Waals surface area contributed by atoms with Gasteiger partial charge in [0.1, 0.15) is 11.6 Å². The molecule has 0 radical (unpaired) electrons. The van der Waals surface area contributed by atoms with Crippen LogP contribution in [-0.2, 0) is 0 Å². The summed E-state index contributed by atoms with van der Waals surface area (Å²) in [5, 5.41) is 0.794. The Labute approximate surface area is 164 Å². The first-order valence-corrected chi connectivity index (χ1v) is 9.16. The van der Waals surface area contributed by atoms with E-state index in [2.05, 4.69) is 48.6 Å². The summed E-state index contributed by atoms with van der Waals surface area (Å²) in [7, 11) is 1.60. The molecule has 0 aliphatic rings. The van der Waals surface area contributed by atoms with Crippen LogP contribution >= 0.6 is 11.6 Å². The maximum atomic E-state index is 6.12. The molecule has 2 N–H and O–H groups in total. The van der Waals surface area contributed by atoms with Gasteiger partial charge in [-0.1, -0.05) is 19.1 Å². The third kappa shape index (κ3) is 3.68. The van der Waals surface area contributed by atoms with Gasteiger partial charge in [-0.25, -0.2) is 9.97 Å². The zero-order chi connectivity index (χ0) is 19.6. The van der Waals surface area contributed by atoms with Gasteiger partial charge in [-0.05, 0) is 78.4 Å². The molecule has 138 valence electrons. The summed E-state index contributed by atoms with van der Waals surface area (Å²) >= 11 is 6.09. The Bertz CT molecular complexity index is 1060. The molecule has 1 heterocycles. The number of hydrogen-bond donors (Lipinski definition) is 1. The van der Waals surface area contributed by atoms with Crippen LogP contribution in [0.25, 0.3) is 28.1 Å². The minimum atomic E-state index is 0.120. The van der Waals surface area contributed by atoms with Crippen molar-refractivity contribution in [3.05, 3.63) is 58.0 Å². The van der Waals surface area contributed by atoms with Crippen molar-refractivity contribution in [1.82, 2.24) is 9.97 Å². The fourth-order valence-electron chi connectivity index (χ4n) is 3.36. The average molecular weight is 380 g/mol. The van der Waals surface area contributed by atoms with Crippen LogP contribution in [0.3, 0.4) is 0 Å². The van der Waals surface area contributed by atoms with Crippen LogP contribution in [0.1, 0.15) is 30.0 Å². The fourth-order valence-corrected chi connectivity index (χ4v) is 3.53. The number of rotatable bonds is 4. The molecule has 0 unspecified atom stereocenters. The van der Waals surface area contributed by atoms with Crippen molar-refractivity contribution in [2.75, 3.05) is 12.8 Å². The van der Waals surface area contributed by atoms with Gasteiger partial charge in [-0.2, -0.15) is 0 Å². The quantitative estimate of drug-likeness (QED) is 0.464. The highest BCUT2D eigenvalue weighted by atomic mass is 35.5. The number of ether oxygens (including phenoxy) is 1. The molecule has 0 spiro atoms. The average Bonchev–Trinajstić information content (AvgIpc) is 2.61. The molecule has 0 atom stereocenters. The Morgan fingerprint density at radius 1 is 1.19 bits per heavy atom. The third-order valence-corrected chi connectivity index (χ3v) is 4.60. The molecule has 0 bridgehead atoms. The van der Waals surface area contributed by atoms with Gasteiger partial charge >= 0.3 is 0 Å². The predicted octanol–water partition coefficient (Wildman–Crippen LogP) is 5.74. The summed E-state index contributed by atoms with van der Waals surface area (Å²) in [5.74, 6) is 0.936. The van der Waals surface area contributed by atoms with Crippen molar-refractivity contribution in [3.63, 3.8) is 0 Å². The highest BCUT2D eigenvalue weighted by Crippen LogP contribution is 2.39. The number of halogens is 1. The molecule has 0 saturated carbocycles. The number of allylic oxidation sites excluding steroid dienone is 1. The molecule has 0 saturated heterocycles. The lowest BCUT2D eigenvalue weighted by molar-refractivity contribution is 0.420. The zero-order valence-corrected chi connectivity index (χ0v) is 16.7. The Balaban J connectivity index is 2.29. The van der Waals surface area contributed by atoms with Crippen LogP contribution in [0.5, 0.6) is 5.75 Å². The van der Waals surface area contributed by atoms with Gasteiger partial charge in [0.2, 0.25) is 5.28 Å². The summed E-state index contributed by atoms with van der Waals surface area (Å²) in [4.78, 5) is 8.54. The Kier molecular flexibility index (Phi) is 5.50. The lowest BCUT2D eigenvalue weighted by atomic mass is 9.92. The largest absolute Gasteiger partial charge is 0.496 e. The maximum Gasteiger partial charge on any atom is 0.224 e. The number of aryl methyl sites for hydroxylation is 2. The SMILES string of the molecule is CCC=C=Cc1cc(C)c(-c2ccc(OC)c3c(N)nc(Cl)nc23)c(C)c1. The van der Waals surface area contributed by atoms with E-state index in [1.807, 2.05) is 24.3 Å². The Morgan fingerprint density at radius 3 is 2.52 bits per heavy atom. The summed E-state index contributed by atoms with van der Waals surface area (Å²) < 4.78 is 5.45. The lowest BCUT2D eigenvalue weighted by Gasteiger charge is -2.16. The van der Waals surface area contributed by atoms with Crippen molar-refractivity contribution in [1.29, 1.82) is 0 Å². The third-order valence-electron chi connectivity index (χ3n) is 4.43. The van der Waals surface area contributed by atoms with Gasteiger partial charge in [-0.3, -0.25) is 0 Å². The molecule has 1 aromatic heterocycles. The van der Waals surface area contributed by atoms with Crippen LogP contribution in [-0.4, -0.2) is 17.1 Å². The van der Waals surface area contributed by atoms with E-state index in [0.717, 1.165) is 34.2 Å². The summed E-state index contributed by atoms with van der Waals surface area (Å²) in [6.07, 6.45) is 4.97. The second-order valence-corrected chi connectivity index (χ2v) is 6.71. The van der Waals surface area contributed by atoms with Crippen LogP contribution in [0, 0.1) is 13.8 Å². The highest BCUT2D eigenvalue weighted by molar-refractivity contribution is 6.29. The molecule has 4 nitrogen and oxygen atoms in total. The first-order chi connectivity index (χ1) is 13.0. The molecule has 2 aromatic carbocycles. The van der Waals surface area contributed by atoms with Gasteiger partial charge in [0.05, 0.1) is 18.0 Å². The molecular formula is C22H22ClN3O. The van der Waals surface area contributed by atoms with Crippen LogP contribution < -0.4 is 10.5 Å². The van der Waals surface area contributed by atoms with Crippen molar-refractivity contribution < 1.29 is 4.74 Å². The van der Waals surface area contributed by atoms with E-state index in [9.17, 15) is 0 Å². The Hall–Kier alpha value is -2.81. The van der Waals surface area contributed by atoms with Gasteiger partial charge < -0.3 is 10.5 Å². The minimum absolute atomic E-state index is 0.120. The monoisotopic (exact) mass is 379 g/mol. The second-order valence-electron chi connectivity index (χ2n) is 6.37. The highest BCUT2D eigenvalue weighted by Gasteiger charge is 2.17. The van der Waals surface area contributed by atoms with Crippen molar-refractivity contribution in [3.8, 4) is 16.9 Å². The number of methoxy groups -OCH3 is 1. The number of fused-ring (bicyclic) bond motifs is 1. The number of anilines is 1. The van der Waals surface area contributed by atoms with E-state index in [1.165, 1.54) is 0 Å². The minimum Gasteiger partial charge on any atom is -0.496 e. The molecule has 3 rings (SSSR count). The first kappa shape index (κ1) is 19.0. The van der Waals surface area contributed by atoms with E-state index in [4.69, 9.17) is 22.1 Å². The molecule has 0 aliphatic heterocycles. The summed E-state index contributed by atoms with van der Waals surface area (Å²) in [6.45, 7) is 6.27. The number of nitrogen functional groups attached to an aromatic ring is 1. The normalized spacial score (nSPS) is 10.6. The molecule has 0 amide bonds. The smallest absolute Gasteiger partial charge is 0.224 e. The number of hydrogen-bond acceptors (Lipinski definition) is 4. The Morgan fingerprint density at radius 2 is 1.89 bits per heavy atom. The lowest BCUT2D eigenvalue weighted by Crippen LogP contribution is -2.00. The molecule has 0 fully saturated rings. The molecule has 3 aromatic rings. The first-order valence-electron chi connectivity index (χ1n) is 8.78. The number of aromatic nitrogens is 2. The number of nitrogens with zero attached hydrogens (tertiary/aromatic N) is 2. The van der Waals surface area contributed by atoms with Crippen molar-refractivity contribution >= 4 is 34.4 Å². The second kappa shape index (κ2) is 7.83.